The molecule has 0 saturated carbocycles. The zero-order chi connectivity index (χ0) is 20.1. The average Bonchev–Trinajstić information content (AvgIpc) is 2.40. The van der Waals surface area contributed by atoms with Gasteiger partial charge in [-0.25, -0.2) is 26.2 Å². The first-order chi connectivity index (χ1) is 11.6. The molecule has 2 rings (SSSR count). The number of hydrogen-bond acceptors (Lipinski definition) is 6. The fourth-order valence-electron chi connectivity index (χ4n) is 2.36. The predicted octanol–water partition coefficient (Wildman–Crippen LogP) is 0.255. The maximum Gasteiger partial charge on any atom is 0.416 e. The summed E-state index contributed by atoms with van der Waals surface area (Å²) in [6.07, 6.45) is -3.43. The summed E-state index contributed by atoms with van der Waals surface area (Å²) in [4.78, 5) is 26.2. The second-order valence-corrected chi connectivity index (χ2v) is 10.1. The van der Waals surface area contributed by atoms with Gasteiger partial charge in [0, 0.05) is 12.5 Å². The van der Waals surface area contributed by atoms with Crippen molar-refractivity contribution in [1.29, 1.82) is 0 Å². The number of alkyl halides is 3. The van der Waals surface area contributed by atoms with E-state index >= 15 is 0 Å². The van der Waals surface area contributed by atoms with Gasteiger partial charge in [-0.1, -0.05) is 0 Å². The SMILES string of the molecule is CS(=O)(=O)Cc1cc2c(=O)n(CS(C)(=O)=O)c(=O)[nH]c2cc1C(F)(F)F. The van der Waals surface area contributed by atoms with E-state index in [1.807, 2.05) is 4.98 Å². The molecule has 0 radical (unpaired) electrons. The highest BCUT2D eigenvalue weighted by Gasteiger charge is 2.35. The van der Waals surface area contributed by atoms with Crippen LogP contribution in [0.3, 0.4) is 0 Å². The van der Waals surface area contributed by atoms with Crippen molar-refractivity contribution in [3.05, 3.63) is 44.1 Å². The van der Waals surface area contributed by atoms with Crippen LogP contribution < -0.4 is 11.2 Å². The van der Waals surface area contributed by atoms with Gasteiger partial charge in [-0.15, -0.1) is 0 Å². The van der Waals surface area contributed by atoms with E-state index in [0.29, 0.717) is 16.7 Å². The van der Waals surface area contributed by atoms with Crippen LogP contribution in [0.15, 0.2) is 21.7 Å². The molecular weight excluding hydrogens is 401 g/mol. The molecule has 0 aliphatic heterocycles. The molecule has 2 aromatic rings. The van der Waals surface area contributed by atoms with E-state index in [-0.39, 0.29) is 0 Å². The fourth-order valence-corrected chi connectivity index (χ4v) is 3.87. The second-order valence-electron chi connectivity index (χ2n) is 5.84. The van der Waals surface area contributed by atoms with Gasteiger partial charge in [0.05, 0.1) is 22.2 Å². The van der Waals surface area contributed by atoms with Crippen LogP contribution in [0.1, 0.15) is 11.1 Å². The zero-order valence-corrected chi connectivity index (χ0v) is 15.0. The number of benzene rings is 1. The van der Waals surface area contributed by atoms with Crippen LogP contribution in [-0.4, -0.2) is 38.9 Å². The molecule has 1 aromatic heterocycles. The quantitative estimate of drug-likeness (QED) is 0.765. The minimum atomic E-state index is -4.92. The number of aromatic nitrogens is 2. The Labute approximate surface area is 145 Å². The molecule has 0 amide bonds. The van der Waals surface area contributed by atoms with Crippen LogP contribution in [0.25, 0.3) is 10.9 Å². The highest BCUT2D eigenvalue weighted by Crippen LogP contribution is 2.34. The molecule has 0 atom stereocenters. The van der Waals surface area contributed by atoms with E-state index in [4.69, 9.17) is 0 Å². The van der Waals surface area contributed by atoms with Crippen molar-refractivity contribution in [3.8, 4) is 0 Å². The minimum Gasteiger partial charge on any atom is -0.307 e. The van der Waals surface area contributed by atoms with Crippen molar-refractivity contribution >= 4 is 30.6 Å². The van der Waals surface area contributed by atoms with E-state index in [0.717, 1.165) is 12.5 Å². The summed E-state index contributed by atoms with van der Waals surface area (Å²) < 4.78 is 85.5. The maximum absolute atomic E-state index is 13.2. The van der Waals surface area contributed by atoms with E-state index in [9.17, 15) is 39.6 Å². The molecule has 0 spiro atoms. The molecule has 0 aliphatic carbocycles. The number of hydrogen-bond donors (Lipinski definition) is 1. The average molecular weight is 414 g/mol. The van der Waals surface area contributed by atoms with Crippen LogP contribution in [-0.2, 0) is 37.5 Å². The van der Waals surface area contributed by atoms with E-state index in [1.54, 1.807) is 0 Å². The predicted molar refractivity (Wildman–Crippen MR) is 87.2 cm³/mol. The normalized spacial score (nSPS) is 13.3. The van der Waals surface area contributed by atoms with Crippen LogP contribution in [0.4, 0.5) is 13.2 Å². The van der Waals surface area contributed by atoms with Gasteiger partial charge < -0.3 is 4.98 Å². The van der Waals surface area contributed by atoms with Crippen LogP contribution in [0.5, 0.6) is 0 Å². The standard InChI is InChI=1S/C13H13F3N2O6S2/c1-25(21,22)5-7-3-8-10(4-9(7)13(14,15)16)17-12(20)18(11(8)19)6-26(2,23)24/h3-4H,5-6H2,1-2H3,(H,17,20). The van der Waals surface area contributed by atoms with Crippen molar-refractivity contribution in [2.45, 2.75) is 17.8 Å². The molecule has 0 fully saturated rings. The van der Waals surface area contributed by atoms with Crippen molar-refractivity contribution in [2.75, 3.05) is 12.5 Å². The molecule has 26 heavy (non-hydrogen) atoms. The van der Waals surface area contributed by atoms with Gasteiger partial charge in [0.1, 0.15) is 5.88 Å². The molecule has 13 heteroatoms. The lowest BCUT2D eigenvalue weighted by Crippen LogP contribution is -2.37. The summed E-state index contributed by atoms with van der Waals surface area (Å²) in [6.45, 7) is 0. The fraction of sp³-hybridized carbons (Fsp3) is 0.385. The third-order valence-electron chi connectivity index (χ3n) is 3.29. The first kappa shape index (κ1) is 20.2. The van der Waals surface area contributed by atoms with E-state index in [1.165, 1.54) is 0 Å². The lowest BCUT2D eigenvalue weighted by Gasteiger charge is -2.14. The Bertz CT molecular complexity index is 1210. The van der Waals surface area contributed by atoms with Gasteiger partial charge in [0.2, 0.25) is 0 Å². The second kappa shape index (κ2) is 6.23. The summed E-state index contributed by atoms with van der Waals surface area (Å²) in [6, 6.07) is 1.17. The highest BCUT2D eigenvalue weighted by molar-refractivity contribution is 7.90. The summed E-state index contributed by atoms with van der Waals surface area (Å²) in [5.41, 5.74) is -4.81. The minimum absolute atomic E-state index is 0.315. The maximum atomic E-state index is 13.2. The van der Waals surface area contributed by atoms with Crippen molar-refractivity contribution in [2.24, 2.45) is 0 Å². The van der Waals surface area contributed by atoms with Crippen molar-refractivity contribution in [1.82, 2.24) is 9.55 Å². The van der Waals surface area contributed by atoms with Gasteiger partial charge in [0.15, 0.2) is 19.7 Å². The van der Waals surface area contributed by atoms with Gasteiger partial charge in [-0.2, -0.15) is 13.2 Å². The summed E-state index contributed by atoms with van der Waals surface area (Å²) in [5.74, 6) is -1.96. The van der Waals surface area contributed by atoms with Crippen molar-refractivity contribution in [3.63, 3.8) is 0 Å². The number of rotatable bonds is 4. The third kappa shape index (κ3) is 4.52. The molecule has 1 aromatic carbocycles. The van der Waals surface area contributed by atoms with Gasteiger partial charge >= 0.3 is 11.9 Å². The number of H-pyrrole nitrogens is 1. The zero-order valence-electron chi connectivity index (χ0n) is 13.4. The molecule has 0 aliphatic rings. The number of fused-ring (bicyclic) bond motifs is 1. The Morgan fingerprint density at radius 2 is 1.62 bits per heavy atom. The highest BCUT2D eigenvalue weighted by atomic mass is 32.2. The molecule has 0 saturated heterocycles. The summed E-state index contributed by atoms with van der Waals surface area (Å²) in [5, 5.41) is -0.431. The van der Waals surface area contributed by atoms with Crippen LogP contribution >= 0.6 is 0 Å². The first-order valence-electron chi connectivity index (χ1n) is 6.81. The molecule has 1 heterocycles. The molecule has 0 bridgehead atoms. The Kier molecular flexibility index (Phi) is 4.83. The van der Waals surface area contributed by atoms with E-state index < -0.39 is 70.8 Å². The Morgan fingerprint density at radius 3 is 2.08 bits per heavy atom. The summed E-state index contributed by atoms with van der Waals surface area (Å²) in [7, 11) is -7.66. The van der Waals surface area contributed by atoms with Gasteiger partial charge in [-0.05, 0) is 17.7 Å². The van der Waals surface area contributed by atoms with E-state index in [2.05, 4.69) is 0 Å². The number of sulfone groups is 2. The van der Waals surface area contributed by atoms with Crippen molar-refractivity contribution < 1.29 is 30.0 Å². The summed E-state index contributed by atoms with van der Waals surface area (Å²) >= 11 is 0. The number of nitrogens with one attached hydrogen (secondary N) is 1. The van der Waals surface area contributed by atoms with Gasteiger partial charge in [-0.3, -0.25) is 4.79 Å². The first-order valence-corrected chi connectivity index (χ1v) is 10.9. The van der Waals surface area contributed by atoms with Crippen LogP contribution in [0.2, 0.25) is 0 Å². The number of halogens is 3. The number of aromatic amines is 1. The molecule has 8 nitrogen and oxygen atoms in total. The Hall–Kier alpha value is -2.15. The molecular formula is C13H13F3N2O6S2. The molecule has 0 unspecified atom stereocenters. The number of nitrogens with zero attached hydrogens (tertiary/aromatic N) is 1. The molecule has 144 valence electrons. The van der Waals surface area contributed by atoms with Gasteiger partial charge in [0.25, 0.3) is 5.56 Å². The largest absolute Gasteiger partial charge is 0.416 e. The molecule has 1 N–H and O–H groups in total. The third-order valence-corrected chi connectivity index (χ3v) is 4.85. The lowest BCUT2D eigenvalue weighted by molar-refractivity contribution is -0.138. The monoisotopic (exact) mass is 414 g/mol. The Morgan fingerprint density at radius 1 is 1.04 bits per heavy atom. The topological polar surface area (TPSA) is 123 Å². The lowest BCUT2D eigenvalue weighted by atomic mass is 10.1. The smallest absolute Gasteiger partial charge is 0.307 e. The van der Waals surface area contributed by atoms with Crippen LogP contribution in [0, 0.1) is 0 Å². The Balaban J connectivity index is 2.91.